The van der Waals surface area contributed by atoms with Crippen molar-refractivity contribution in [3.63, 3.8) is 0 Å². The summed E-state index contributed by atoms with van der Waals surface area (Å²) in [7, 11) is 0. The van der Waals surface area contributed by atoms with Crippen LogP contribution < -0.4 is 16.0 Å². The highest BCUT2D eigenvalue weighted by Gasteiger charge is 2.30. The third-order valence-electron chi connectivity index (χ3n) is 4.28. The molecule has 1 amide bonds. The maximum absolute atomic E-state index is 13.8. The average Bonchev–Trinajstić information content (AvgIpc) is 2.62. The van der Waals surface area contributed by atoms with Gasteiger partial charge < -0.3 is 20.7 Å². The maximum atomic E-state index is 13.8. The van der Waals surface area contributed by atoms with Gasteiger partial charge in [0.25, 0.3) is 0 Å². The van der Waals surface area contributed by atoms with Gasteiger partial charge in [-0.2, -0.15) is 0 Å². The molecule has 1 rings (SSSR count). The van der Waals surface area contributed by atoms with Gasteiger partial charge in [0.1, 0.15) is 11.4 Å². The van der Waals surface area contributed by atoms with Gasteiger partial charge in [-0.05, 0) is 52.7 Å². The Morgan fingerprint density at radius 3 is 2.43 bits per heavy atom. The highest BCUT2D eigenvalue weighted by Crippen LogP contribution is 2.16. The highest BCUT2D eigenvalue weighted by molar-refractivity contribution is 5.80. The Balaban J connectivity index is 2.82. The molecule has 0 saturated carbocycles. The van der Waals surface area contributed by atoms with Gasteiger partial charge in [-0.25, -0.2) is 14.2 Å². The number of pyridine rings is 1. The number of hydrogen-bond acceptors (Lipinski definition) is 4. The number of rotatable bonds is 8. The van der Waals surface area contributed by atoms with Gasteiger partial charge in [0, 0.05) is 19.3 Å². The molecule has 0 spiro atoms. The Hall–Kier alpha value is -2.38. The molecule has 158 valence electrons. The molecular weight excluding hydrogens is 361 g/mol. The lowest BCUT2D eigenvalue weighted by Crippen LogP contribution is -2.57. The minimum absolute atomic E-state index is 0.118. The largest absolute Gasteiger partial charge is 0.444 e. The molecule has 0 aromatic carbocycles. The normalized spacial score (nSPS) is 12.5. The molecule has 1 aromatic heterocycles. The molecule has 0 aliphatic rings. The molecule has 0 saturated heterocycles. The molecule has 0 unspecified atom stereocenters. The van der Waals surface area contributed by atoms with Crippen molar-refractivity contribution in [1.29, 1.82) is 0 Å². The quantitative estimate of drug-likeness (QED) is 0.464. The molecule has 0 radical (unpaired) electrons. The van der Waals surface area contributed by atoms with E-state index in [1.807, 2.05) is 41.5 Å². The first-order chi connectivity index (χ1) is 13.1. The van der Waals surface area contributed by atoms with Gasteiger partial charge in [-0.1, -0.05) is 13.8 Å². The summed E-state index contributed by atoms with van der Waals surface area (Å²) in [4.78, 5) is 20.7. The third kappa shape index (κ3) is 8.10. The van der Waals surface area contributed by atoms with Gasteiger partial charge in [-0.15, -0.1) is 0 Å². The number of halogens is 1. The Labute approximate surface area is 167 Å². The molecular formula is C20H34FN5O2. The van der Waals surface area contributed by atoms with E-state index in [0.717, 1.165) is 0 Å². The minimum Gasteiger partial charge on any atom is -0.444 e. The number of guanidine groups is 1. The molecule has 0 bridgehead atoms. The third-order valence-corrected chi connectivity index (χ3v) is 4.28. The summed E-state index contributed by atoms with van der Waals surface area (Å²) in [5.74, 6) is 0.148. The molecule has 0 atom stereocenters. The predicted octanol–water partition coefficient (Wildman–Crippen LogP) is 3.36. The Morgan fingerprint density at radius 1 is 1.21 bits per heavy atom. The van der Waals surface area contributed by atoms with Crippen LogP contribution in [0.5, 0.6) is 0 Å². The standard InChI is InChI=1S/C20H34FN5O2/c1-7-20(8-2,26-18(27)28-19(4,5)6)14-25-17(22-9-3)24-13-16-15(21)11-10-12-23-16/h10-12H,7-9,13-14H2,1-6H3,(H,26,27)(H2,22,24,25). The van der Waals surface area contributed by atoms with Crippen LogP contribution in [0, 0.1) is 5.82 Å². The van der Waals surface area contributed by atoms with Crippen LogP contribution in [0.15, 0.2) is 23.3 Å². The second-order valence-corrected chi connectivity index (χ2v) is 7.59. The molecule has 0 aliphatic carbocycles. The van der Waals surface area contributed by atoms with Crippen molar-refractivity contribution < 1.29 is 13.9 Å². The number of amides is 1. The number of nitrogens with one attached hydrogen (secondary N) is 3. The van der Waals surface area contributed by atoms with E-state index in [0.29, 0.717) is 31.9 Å². The fraction of sp³-hybridized carbons (Fsp3) is 0.650. The summed E-state index contributed by atoms with van der Waals surface area (Å²) < 4.78 is 19.2. The molecule has 8 heteroatoms. The molecule has 28 heavy (non-hydrogen) atoms. The van der Waals surface area contributed by atoms with E-state index in [4.69, 9.17) is 4.74 Å². The molecule has 0 fully saturated rings. The Morgan fingerprint density at radius 2 is 1.89 bits per heavy atom. The summed E-state index contributed by atoms with van der Waals surface area (Å²) in [5.41, 5.74) is -0.772. The van der Waals surface area contributed by atoms with Gasteiger partial charge in [0.15, 0.2) is 5.96 Å². The van der Waals surface area contributed by atoms with Crippen LogP contribution in [0.1, 0.15) is 60.1 Å². The van der Waals surface area contributed by atoms with Gasteiger partial charge in [0.2, 0.25) is 0 Å². The molecule has 1 heterocycles. The predicted molar refractivity (Wildman–Crippen MR) is 110 cm³/mol. The van der Waals surface area contributed by atoms with Gasteiger partial charge in [-0.3, -0.25) is 4.98 Å². The first-order valence-electron chi connectivity index (χ1n) is 9.77. The minimum atomic E-state index is -0.562. The van der Waals surface area contributed by atoms with Crippen LogP contribution in [-0.4, -0.2) is 41.3 Å². The topological polar surface area (TPSA) is 87.6 Å². The maximum Gasteiger partial charge on any atom is 0.408 e. The zero-order valence-electron chi connectivity index (χ0n) is 17.9. The molecule has 7 nitrogen and oxygen atoms in total. The zero-order chi connectivity index (χ0) is 21.2. The first kappa shape index (κ1) is 23.7. The highest BCUT2D eigenvalue weighted by atomic mass is 19.1. The smallest absolute Gasteiger partial charge is 0.408 e. The average molecular weight is 396 g/mol. The lowest BCUT2D eigenvalue weighted by Gasteiger charge is -2.34. The van der Waals surface area contributed by atoms with Crippen molar-refractivity contribution in [2.24, 2.45) is 4.99 Å². The van der Waals surface area contributed by atoms with Crippen LogP contribution in [0.4, 0.5) is 9.18 Å². The lowest BCUT2D eigenvalue weighted by atomic mass is 9.93. The van der Waals surface area contributed by atoms with Crippen LogP contribution in [-0.2, 0) is 11.3 Å². The first-order valence-corrected chi connectivity index (χ1v) is 9.77. The van der Waals surface area contributed by atoms with E-state index in [9.17, 15) is 9.18 Å². The number of carbonyl (C=O) groups is 1. The van der Waals surface area contributed by atoms with Crippen LogP contribution in [0.3, 0.4) is 0 Å². The van der Waals surface area contributed by atoms with Crippen LogP contribution >= 0.6 is 0 Å². The Bertz CT molecular complexity index is 654. The number of alkyl carbamates (subject to hydrolysis) is 1. The summed E-state index contributed by atoms with van der Waals surface area (Å²) in [6.07, 6.45) is 2.52. The van der Waals surface area contributed by atoms with E-state index in [1.165, 1.54) is 12.3 Å². The number of nitrogens with zero attached hydrogens (tertiary/aromatic N) is 2. The fourth-order valence-corrected chi connectivity index (χ4v) is 2.52. The van der Waals surface area contributed by atoms with Gasteiger partial charge >= 0.3 is 6.09 Å². The van der Waals surface area contributed by atoms with Crippen LogP contribution in [0.25, 0.3) is 0 Å². The monoisotopic (exact) mass is 395 g/mol. The number of ether oxygens (including phenoxy) is 1. The molecule has 0 aliphatic heterocycles. The van der Waals surface area contributed by atoms with Crippen molar-refractivity contribution in [3.8, 4) is 0 Å². The summed E-state index contributed by atoms with van der Waals surface area (Å²) in [5, 5.41) is 9.36. The summed E-state index contributed by atoms with van der Waals surface area (Å²) in [6, 6.07) is 2.91. The number of hydrogen-bond donors (Lipinski definition) is 3. The number of aromatic nitrogens is 1. The zero-order valence-corrected chi connectivity index (χ0v) is 17.9. The van der Waals surface area contributed by atoms with E-state index in [-0.39, 0.29) is 18.1 Å². The van der Waals surface area contributed by atoms with Crippen molar-refractivity contribution in [3.05, 3.63) is 29.8 Å². The SMILES string of the molecule is CCNC(=NCc1ncccc1F)NCC(CC)(CC)NC(=O)OC(C)(C)C. The number of aliphatic imine (C=N–C) groups is 1. The van der Waals surface area contributed by atoms with Crippen LogP contribution in [0.2, 0.25) is 0 Å². The second kappa shape index (κ2) is 10.8. The fourth-order valence-electron chi connectivity index (χ4n) is 2.52. The molecule has 1 aromatic rings. The Kier molecular flexibility index (Phi) is 9.15. The van der Waals surface area contributed by atoms with Crippen molar-refractivity contribution in [1.82, 2.24) is 20.9 Å². The number of carbonyl (C=O) groups excluding carboxylic acids is 1. The van der Waals surface area contributed by atoms with E-state index in [1.54, 1.807) is 6.07 Å². The second-order valence-electron chi connectivity index (χ2n) is 7.59. The summed E-state index contributed by atoms with van der Waals surface area (Å²) in [6.45, 7) is 12.7. The van der Waals surface area contributed by atoms with Crippen molar-refractivity contribution in [2.45, 2.75) is 72.1 Å². The van der Waals surface area contributed by atoms with E-state index in [2.05, 4.69) is 25.9 Å². The van der Waals surface area contributed by atoms with Gasteiger partial charge in [0.05, 0.1) is 17.8 Å². The summed E-state index contributed by atoms with van der Waals surface area (Å²) >= 11 is 0. The molecule has 3 N–H and O–H groups in total. The van der Waals surface area contributed by atoms with E-state index < -0.39 is 17.2 Å². The van der Waals surface area contributed by atoms with E-state index >= 15 is 0 Å². The van der Waals surface area contributed by atoms with Crippen molar-refractivity contribution >= 4 is 12.1 Å². The van der Waals surface area contributed by atoms with Crippen molar-refractivity contribution in [2.75, 3.05) is 13.1 Å². The lowest BCUT2D eigenvalue weighted by molar-refractivity contribution is 0.0448.